The highest BCUT2D eigenvalue weighted by Gasteiger charge is 2.16. The number of ether oxygens (including phenoxy) is 1. The van der Waals surface area contributed by atoms with Crippen LogP contribution in [0.2, 0.25) is 0 Å². The predicted molar refractivity (Wildman–Crippen MR) is 82.3 cm³/mol. The SMILES string of the molecule is Cc1cc(C#N)cc(Oc2c(Br)cc([N+](=O)[O-])cc2Br)n1. The largest absolute Gasteiger partial charge is 0.437 e. The Morgan fingerprint density at radius 3 is 2.43 bits per heavy atom. The molecular weight excluding hydrogens is 406 g/mol. The van der Waals surface area contributed by atoms with Gasteiger partial charge in [-0.2, -0.15) is 5.26 Å². The molecule has 0 radical (unpaired) electrons. The molecule has 0 N–H and O–H groups in total. The fourth-order valence-corrected chi connectivity index (χ4v) is 2.93. The molecule has 6 nitrogen and oxygen atoms in total. The minimum Gasteiger partial charge on any atom is -0.437 e. The van der Waals surface area contributed by atoms with E-state index < -0.39 is 4.92 Å². The van der Waals surface area contributed by atoms with Crippen molar-refractivity contribution in [1.29, 1.82) is 5.26 Å². The van der Waals surface area contributed by atoms with Crippen LogP contribution in [0.15, 0.2) is 33.2 Å². The van der Waals surface area contributed by atoms with E-state index in [4.69, 9.17) is 10.00 Å². The average Bonchev–Trinajstić information content (AvgIpc) is 2.41. The number of hydrogen-bond acceptors (Lipinski definition) is 5. The van der Waals surface area contributed by atoms with Gasteiger partial charge in [0, 0.05) is 23.9 Å². The summed E-state index contributed by atoms with van der Waals surface area (Å²) in [5.74, 6) is 0.587. The van der Waals surface area contributed by atoms with Crippen molar-refractivity contribution in [3.63, 3.8) is 0 Å². The summed E-state index contributed by atoms with van der Waals surface area (Å²) in [5, 5.41) is 19.7. The second kappa shape index (κ2) is 6.20. The molecule has 0 amide bonds. The minimum atomic E-state index is -0.502. The normalized spacial score (nSPS) is 10.0. The molecule has 0 saturated heterocycles. The first kappa shape index (κ1) is 15.4. The maximum atomic E-state index is 10.8. The first-order valence-electron chi connectivity index (χ1n) is 5.61. The number of rotatable bonds is 3. The van der Waals surface area contributed by atoms with Crippen molar-refractivity contribution in [2.24, 2.45) is 0 Å². The minimum absolute atomic E-state index is 0.0731. The van der Waals surface area contributed by atoms with Crippen LogP contribution in [0.3, 0.4) is 0 Å². The summed E-state index contributed by atoms with van der Waals surface area (Å²) in [7, 11) is 0. The number of nitro groups is 1. The quantitative estimate of drug-likeness (QED) is 0.547. The van der Waals surface area contributed by atoms with Crippen molar-refractivity contribution in [1.82, 2.24) is 4.98 Å². The lowest BCUT2D eigenvalue weighted by molar-refractivity contribution is -0.385. The summed E-state index contributed by atoms with van der Waals surface area (Å²) >= 11 is 6.45. The summed E-state index contributed by atoms with van der Waals surface area (Å²) in [5.41, 5.74) is 0.987. The van der Waals surface area contributed by atoms with Gasteiger partial charge in [0.1, 0.15) is 0 Å². The number of benzene rings is 1. The zero-order valence-corrected chi connectivity index (χ0v) is 13.8. The summed E-state index contributed by atoms with van der Waals surface area (Å²) < 4.78 is 6.43. The van der Waals surface area contributed by atoms with Crippen LogP contribution < -0.4 is 4.74 Å². The molecule has 0 bridgehead atoms. The Morgan fingerprint density at radius 2 is 1.90 bits per heavy atom. The first-order valence-corrected chi connectivity index (χ1v) is 7.19. The van der Waals surface area contributed by atoms with E-state index in [1.807, 2.05) is 6.07 Å². The fraction of sp³-hybridized carbons (Fsp3) is 0.0769. The molecule has 0 saturated carbocycles. The van der Waals surface area contributed by atoms with Crippen LogP contribution in [0.1, 0.15) is 11.3 Å². The van der Waals surface area contributed by atoms with Gasteiger partial charge in [-0.05, 0) is 44.8 Å². The van der Waals surface area contributed by atoms with E-state index >= 15 is 0 Å². The van der Waals surface area contributed by atoms with Gasteiger partial charge in [-0.3, -0.25) is 10.1 Å². The number of nitro benzene ring substituents is 1. The molecule has 0 fully saturated rings. The van der Waals surface area contributed by atoms with Crippen molar-refractivity contribution < 1.29 is 9.66 Å². The third-order valence-electron chi connectivity index (χ3n) is 2.46. The Kier molecular flexibility index (Phi) is 4.55. The molecular formula is C13H7Br2N3O3. The number of hydrogen-bond donors (Lipinski definition) is 0. The number of non-ortho nitro benzene ring substituents is 1. The van der Waals surface area contributed by atoms with Crippen LogP contribution in [0, 0.1) is 28.4 Å². The monoisotopic (exact) mass is 411 g/mol. The van der Waals surface area contributed by atoms with Crippen LogP contribution in [0.5, 0.6) is 11.6 Å². The van der Waals surface area contributed by atoms with Crippen LogP contribution >= 0.6 is 31.9 Å². The molecule has 0 spiro atoms. The number of nitrogens with zero attached hydrogens (tertiary/aromatic N) is 3. The number of aryl methyl sites for hydroxylation is 1. The third-order valence-corrected chi connectivity index (χ3v) is 3.64. The van der Waals surface area contributed by atoms with E-state index in [0.717, 1.165) is 0 Å². The van der Waals surface area contributed by atoms with Crippen molar-refractivity contribution in [2.75, 3.05) is 0 Å². The van der Waals surface area contributed by atoms with Gasteiger partial charge in [0.15, 0.2) is 5.75 Å². The number of pyridine rings is 1. The molecule has 0 aliphatic carbocycles. The molecule has 1 heterocycles. The van der Waals surface area contributed by atoms with E-state index in [9.17, 15) is 10.1 Å². The Bertz CT molecular complexity index is 749. The summed E-state index contributed by atoms with van der Waals surface area (Å²) in [6.07, 6.45) is 0. The molecule has 0 atom stereocenters. The highest BCUT2D eigenvalue weighted by atomic mass is 79.9. The standard InChI is InChI=1S/C13H7Br2N3O3/c1-7-2-8(6-16)3-12(17-7)21-13-10(14)4-9(18(19)20)5-11(13)15/h2-5H,1H3. The topological polar surface area (TPSA) is 89.0 Å². The van der Waals surface area contributed by atoms with Crippen LogP contribution in [-0.2, 0) is 0 Å². The second-order valence-corrected chi connectivity index (χ2v) is 5.75. The van der Waals surface area contributed by atoms with Crippen LogP contribution in [0.4, 0.5) is 5.69 Å². The van der Waals surface area contributed by atoms with Gasteiger partial charge in [0.25, 0.3) is 5.69 Å². The van der Waals surface area contributed by atoms with Gasteiger partial charge >= 0.3 is 0 Å². The van der Waals surface area contributed by atoms with E-state index in [0.29, 0.717) is 26.0 Å². The van der Waals surface area contributed by atoms with Gasteiger partial charge in [0.05, 0.1) is 25.5 Å². The number of nitriles is 1. The molecule has 1 aromatic heterocycles. The van der Waals surface area contributed by atoms with Gasteiger partial charge < -0.3 is 4.74 Å². The molecule has 21 heavy (non-hydrogen) atoms. The number of halogens is 2. The molecule has 106 valence electrons. The highest BCUT2D eigenvalue weighted by molar-refractivity contribution is 9.11. The lowest BCUT2D eigenvalue weighted by atomic mass is 10.2. The van der Waals surface area contributed by atoms with Crippen molar-refractivity contribution in [3.8, 4) is 17.7 Å². The first-order chi connectivity index (χ1) is 9.90. The van der Waals surface area contributed by atoms with Crippen molar-refractivity contribution >= 4 is 37.5 Å². The van der Waals surface area contributed by atoms with Crippen molar-refractivity contribution in [2.45, 2.75) is 6.92 Å². The van der Waals surface area contributed by atoms with Gasteiger partial charge in [-0.15, -0.1) is 0 Å². The summed E-state index contributed by atoms with van der Waals surface area (Å²) in [6, 6.07) is 7.81. The van der Waals surface area contributed by atoms with Gasteiger partial charge in [-0.25, -0.2) is 4.98 Å². The smallest absolute Gasteiger partial charge is 0.271 e. The van der Waals surface area contributed by atoms with E-state index in [1.54, 1.807) is 13.0 Å². The average molecular weight is 413 g/mol. The Hall–Kier alpha value is -1.98. The zero-order valence-electron chi connectivity index (χ0n) is 10.6. The van der Waals surface area contributed by atoms with E-state index in [1.165, 1.54) is 18.2 Å². The Labute approximate surface area is 136 Å². The fourth-order valence-electron chi connectivity index (χ4n) is 1.61. The van der Waals surface area contributed by atoms with Crippen LogP contribution in [0.25, 0.3) is 0 Å². The second-order valence-electron chi connectivity index (χ2n) is 4.04. The highest BCUT2D eigenvalue weighted by Crippen LogP contribution is 2.39. The Morgan fingerprint density at radius 1 is 1.29 bits per heavy atom. The van der Waals surface area contributed by atoms with Gasteiger partial charge in [0.2, 0.25) is 5.88 Å². The lowest BCUT2D eigenvalue weighted by Crippen LogP contribution is -1.95. The maximum absolute atomic E-state index is 10.8. The summed E-state index contributed by atoms with van der Waals surface area (Å²) in [6.45, 7) is 1.74. The van der Waals surface area contributed by atoms with Gasteiger partial charge in [-0.1, -0.05) is 0 Å². The number of aromatic nitrogens is 1. The van der Waals surface area contributed by atoms with E-state index in [-0.39, 0.29) is 11.6 Å². The zero-order chi connectivity index (χ0) is 15.6. The maximum Gasteiger partial charge on any atom is 0.271 e. The third kappa shape index (κ3) is 3.56. The van der Waals surface area contributed by atoms with Crippen molar-refractivity contribution in [3.05, 3.63) is 54.6 Å². The molecule has 1 aromatic carbocycles. The molecule has 0 aliphatic heterocycles. The van der Waals surface area contributed by atoms with Crippen LogP contribution in [-0.4, -0.2) is 9.91 Å². The molecule has 2 aromatic rings. The summed E-state index contributed by atoms with van der Waals surface area (Å²) in [4.78, 5) is 14.4. The Balaban J connectivity index is 2.43. The molecule has 0 aliphatic rings. The molecule has 2 rings (SSSR count). The predicted octanol–water partition coefficient (Wildman–Crippen LogP) is 4.49. The molecule has 8 heteroatoms. The molecule has 0 unspecified atom stereocenters. The van der Waals surface area contributed by atoms with E-state index in [2.05, 4.69) is 36.8 Å². The lowest BCUT2D eigenvalue weighted by Gasteiger charge is -2.09.